The second kappa shape index (κ2) is 8.52. The maximum atomic E-state index is 14.3. The molecule has 3 aromatic rings. The van der Waals surface area contributed by atoms with Crippen molar-refractivity contribution in [2.24, 2.45) is 0 Å². The van der Waals surface area contributed by atoms with E-state index >= 15 is 0 Å². The van der Waals surface area contributed by atoms with E-state index in [9.17, 15) is 9.13 Å². The SMILES string of the molecule is CC=C1C(=CCC)OP(=O)(CCP2(=O)Oc3ccccc3-c3ccccc32)c2ccccc21. The fraction of sp³-hybridized carbons (Fsp3) is 0.185. The van der Waals surface area contributed by atoms with Gasteiger partial charge in [0, 0.05) is 23.5 Å². The van der Waals surface area contributed by atoms with Gasteiger partial charge in [-0.25, -0.2) is 0 Å². The van der Waals surface area contributed by atoms with E-state index in [1.54, 1.807) is 0 Å². The molecule has 0 N–H and O–H groups in total. The fourth-order valence-electron chi connectivity index (χ4n) is 4.59. The Morgan fingerprint density at radius 2 is 1.27 bits per heavy atom. The van der Waals surface area contributed by atoms with Crippen molar-refractivity contribution in [3.63, 3.8) is 0 Å². The number of rotatable bonds is 4. The maximum Gasteiger partial charge on any atom is 0.278 e. The third-order valence-electron chi connectivity index (χ3n) is 6.13. The summed E-state index contributed by atoms with van der Waals surface area (Å²) < 4.78 is 40.8. The molecule has 6 heteroatoms. The molecule has 2 heterocycles. The van der Waals surface area contributed by atoms with Crippen LogP contribution in [0.25, 0.3) is 16.7 Å². The lowest BCUT2D eigenvalue weighted by Crippen LogP contribution is -2.25. The average molecular weight is 476 g/mol. The topological polar surface area (TPSA) is 52.6 Å². The van der Waals surface area contributed by atoms with E-state index < -0.39 is 14.7 Å². The van der Waals surface area contributed by atoms with Crippen molar-refractivity contribution in [2.75, 3.05) is 12.3 Å². The monoisotopic (exact) mass is 476 g/mol. The molecule has 0 radical (unpaired) electrons. The van der Waals surface area contributed by atoms with Crippen LogP contribution in [0.4, 0.5) is 0 Å². The third-order valence-corrected chi connectivity index (χ3v) is 11.3. The number of allylic oxidation sites excluding steroid dienone is 3. The predicted octanol–water partition coefficient (Wildman–Crippen LogP) is 6.98. The lowest BCUT2D eigenvalue weighted by molar-refractivity contribution is 0.424. The molecular formula is C27H26O4P2. The van der Waals surface area contributed by atoms with E-state index in [4.69, 9.17) is 9.05 Å². The molecule has 168 valence electrons. The molecule has 0 aromatic heterocycles. The molecule has 4 nitrogen and oxygen atoms in total. The van der Waals surface area contributed by atoms with Crippen LogP contribution in [-0.2, 0) is 13.7 Å². The first kappa shape index (κ1) is 22.0. The highest BCUT2D eigenvalue weighted by Crippen LogP contribution is 2.60. The summed E-state index contributed by atoms with van der Waals surface area (Å²) >= 11 is 0. The zero-order chi connectivity index (χ0) is 23.1. The highest BCUT2D eigenvalue weighted by Gasteiger charge is 2.42. The molecule has 33 heavy (non-hydrogen) atoms. The summed E-state index contributed by atoms with van der Waals surface area (Å²) in [7, 11) is -6.61. The number of hydrogen-bond acceptors (Lipinski definition) is 4. The van der Waals surface area contributed by atoms with Crippen molar-refractivity contribution in [3.05, 3.63) is 96.3 Å². The Morgan fingerprint density at radius 3 is 1.94 bits per heavy atom. The first-order valence-electron chi connectivity index (χ1n) is 11.2. The molecule has 0 fully saturated rings. The Hall–Kier alpha value is -2.80. The standard InChI is InChI=1S/C27H26O4P2/c1-3-11-24-20(4-2)22-13-6-9-16-26(22)32(28,30-24)18-19-33(29)27-17-10-7-14-23(27)21-12-5-8-15-25(21)31-33/h4-17H,3,18-19H2,1-2H3. The molecule has 2 aliphatic rings. The second-order valence-corrected chi connectivity index (χ2v) is 13.1. The zero-order valence-electron chi connectivity index (χ0n) is 18.7. The van der Waals surface area contributed by atoms with Gasteiger partial charge in [0.25, 0.3) is 14.7 Å². The Labute approximate surface area is 194 Å². The van der Waals surface area contributed by atoms with Crippen LogP contribution in [-0.4, -0.2) is 12.3 Å². The maximum absolute atomic E-state index is 14.3. The van der Waals surface area contributed by atoms with Gasteiger partial charge in [0.05, 0.1) is 10.6 Å². The van der Waals surface area contributed by atoms with Crippen molar-refractivity contribution in [2.45, 2.75) is 20.3 Å². The molecule has 5 rings (SSSR count). The first-order chi connectivity index (χ1) is 16.0. The smallest absolute Gasteiger partial charge is 0.278 e. The summed E-state index contributed by atoms with van der Waals surface area (Å²) in [5.41, 5.74) is 3.70. The average Bonchev–Trinajstić information content (AvgIpc) is 2.84. The van der Waals surface area contributed by atoms with E-state index in [-0.39, 0.29) is 12.3 Å². The van der Waals surface area contributed by atoms with Gasteiger partial charge in [-0.05, 0) is 48.7 Å². The number of hydrogen-bond donors (Lipinski definition) is 0. The normalized spacial score (nSPS) is 25.5. The van der Waals surface area contributed by atoms with Gasteiger partial charge in [-0.15, -0.1) is 0 Å². The van der Waals surface area contributed by atoms with Crippen LogP contribution < -0.4 is 15.1 Å². The summed E-state index contributed by atoms with van der Waals surface area (Å²) in [5.74, 6) is 1.24. The van der Waals surface area contributed by atoms with E-state index in [2.05, 4.69) is 0 Å². The van der Waals surface area contributed by atoms with Crippen LogP contribution in [0.5, 0.6) is 5.75 Å². The first-order valence-corrected chi connectivity index (χ1v) is 14.8. The molecule has 0 aliphatic carbocycles. The van der Waals surface area contributed by atoms with Crippen LogP contribution in [0.15, 0.2) is 90.7 Å². The molecular weight excluding hydrogens is 450 g/mol. The van der Waals surface area contributed by atoms with Crippen molar-refractivity contribution in [3.8, 4) is 16.9 Å². The fourth-order valence-corrected chi connectivity index (χ4v) is 10.3. The minimum absolute atomic E-state index is 0.133. The predicted molar refractivity (Wildman–Crippen MR) is 136 cm³/mol. The van der Waals surface area contributed by atoms with Crippen LogP contribution in [0.3, 0.4) is 0 Å². The molecule has 3 aromatic carbocycles. The van der Waals surface area contributed by atoms with Crippen LogP contribution in [0, 0.1) is 0 Å². The van der Waals surface area contributed by atoms with Crippen LogP contribution in [0.2, 0.25) is 0 Å². The Morgan fingerprint density at radius 1 is 0.727 bits per heavy atom. The highest BCUT2D eigenvalue weighted by molar-refractivity contribution is 7.71. The zero-order valence-corrected chi connectivity index (χ0v) is 20.5. The lowest BCUT2D eigenvalue weighted by Gasteiger charge is -2.33. The minimum atomic E-state index is -3.31. The summed E-state index contributed by atoms with van der Waals surface area (Å²) in [6.07, 6.45) is 4.98. The largest absolute Gasteiger partial charge is 0.439 e. The van der Waals surface area contributed by atoms with Crippen LogP contribution >= 0.6 is 14.7 Å². The molecule has 0 saturated heterocycles. The number of para-hydroxylation sites is 1. The van der Waals surface area contributed by atoms with E-state index in [1.165, 1.54) is 0 Å². The summed E-state index contributed by atoms with van der Waals surface area (Å²) in [6, 6.07) is 22.9. The van der Waals surface area contributed by atoms with Gasteiger partial charge in [0.1, 0.15) is 11.5 Å². The summed E-state index contributed by atoms with van der Waals surface area (Å²) in [5, 5.41) is 1.36. The van der Waals surface area contributed by atoms with Crippen molar-refractivity contribution in [1.82, 2.24) is 0 Å². The number of benzene rings is 3. The molecule has 0 bridgehead atoms. The van der Waals surface area contributed by atoms with Crippen molar-refractivity contribution in [1.29, 1.82) is 0 Å². The van der Waals surface area contributed by atoms with Gasteiger partial charge in [-0.3, -0.25) is 9.13 Å². The van der Waals surface area contributed by atoms with E-state index in [0.29, 0.717) is 22.1 Å². The van der Waals surface area contributed by atoms with Crippen molar-refractivity contribution >= 4 is 30.9 Å². The van der Waals surface area contributed by atoms with Gasteiger partial charge in [-0.2, -0.15) is 0 Å². The molecule has 0 amide bonds. The van der Waals surface area contributed by atoms with Crippen molar-refractivity contribution < 1.29 is 18.2 Å². The minimum Gasteiger partial charge on any atom is -0.439 e. The Bertz CT molecular complexity index is 1390. The molecule has 2 atom stereocenters. The van der Waals surface area contributed by atoms with E-state index in [0.717, 1.165) is 28.7 Å². The van der Waals surface area contributed by atoms with E-state index in [1.807, 2.05) is 98.8 Å². The molecule has 0 spiro atoms. The van der Waals surface area contributed by atoms with Gasteiger partial charge < -0.3 is 9.05 Å². The summed E-state index contributed by atoms with van der Waals surface area (Å²) in [4.78, 5) is 0. The molecule has 0 saturated carbocycles. The number of fused-ring (bicyclic) bond motifs is 4. The van der Waals surface area contributed by atoms with Gasteiger partial charge >= 0.3 is 0 Å². The van der Waals surface area contributed by atoms with Gasteiger partial charge in [0.15, 0.2) is 0 Å². The Kier molecular flexibility index (Phi) is 5.69. The van der Waals surface area contributed by atoms with Gasteiger partial charge in [-0.1, -0.05) is 67.6 Å². The summed E-state index contributed by atoms with van der Waals surface area (Å²) in [6.45, 7) is 3.98. The lowest BCUT2D eigenvalue weighted by atomic mass is 10.0. The molecule has 2 unspecified atom stereocenters. The quantitative estimate of drug-likeness (QED) is 0.381. The highest BCUT2D eigenvalue weighted by atomic mass is 31.2. The molecule has 2 aliphatic heterocycles. The third kappa shape index (κ3) is 3.72. The van der Waals surface area contributed by atoms with Crippen LogP contribution in [0.1, 0.15) is 25.8 Å². The van der Waals surface area contributed by atoms with Gasteiger partial charge in [0.2, 0.25) is 0 Å². The Balaban J connectivity index is 1.55. The second-order valence-electron chi connectivity index (χ2n) is 8.19.